The van der Waals surface area contributed by atoms with Crippen LogP contribution in [0.3, 0.4) is 0 Å². The maximum Gasteiger partial charge on any atom is 0.270 e. The smallest absolute Gasteiger partial charge is 0.270 e. The van der Waals surface area contributed by atoms with E-state index in [2.05, 4.69) is 40.1 Å². The molecule has 0 spiro atoms. The zero-order valence-electron chi connectivity index (χ0n) is 9.83. The van der Waals surface area contributed by atoms with Gasteiger partial charge in [-0.05, 0) is 47.3 Å². The number of carbonyl (C=O) groups is 1. The van der Waals surface area contributed by atoms with Crippen LogP contribution in [0.25, 0.3) is 0 Å². The van der Waals surface area contributed by atoms with E-state index < -0.39 is 0 Å². The molecule has 0 bridgehead atoms. The first kappa shape index (κ1) is 13.2. The number of halogens is 1. The molecule has 0 saturated carbocycles. The Hall–Kier alpha value is -0.900. The summed E-state index contributed by atoms with van der Waals surface area (Å²) in [4.78, 5) is 15.9. The number of pyridine rings is 1. The molecule has 0 saturated heterocycles. The van der Waals surface area contributed by atoms with Gasteiger partial charge < -0.3 is 5.32 Å². The molecule has 4 heteroatoms. The minimum Gasteiger partial charge on any atom is -0.348 e. The Kier molecular flexibility index (Phi) is 4.93. The van der Waals surface area contributed by atoms with E-state index >= 15 is 0 Å². The van der Waals surface area contributed by atoms with Crippen molar-refractivity contribution in [3.63, 3.8) is 0 Å². The fraction of sp³-hybridized carbons (Fsp3) is 0.500. The van der Waals surface area contributed by atoms with E-state index in [1.165, 1.54) is 0 Å². The summed E-state index contributed by atoms with van der Waals surface area (Å²) in [6, 6.07) is 5.49. The van der Waals surface area contributed by atoms with Crippen LogP contribution in [-0.2, 0) is 0 Å². The molecule has 1 atom stereocenters. The average molecular weight is 285 g/mol. The van der Waals surface area contributed by atoms with Crippen molar-refractivity contribution in [1.82, 2.24) is 10.3 Å². The predicted octanol–water partition coefficient (Wildman–Crippen LogP) is 3.01. The molecule has 0 aliphatic carbocycles. The second-order valence-corrected chi connectivity index (χ2v) is 5.16. The molecule has 1 aromatic rings. The van der Waals surface area contributed by atoms with Crippen molar-refractivity contribution in [2.75, 3.05) is 0 Å². The van der Waals surface area contributed by atoms with Crippen molar-refractivity contribution in [1.29, 1.82) is 0 Å². The lowest BCUT2D eigenvalue weighted by molar-refractivity contribution is 0.0931. The Labute approximate surface area is 105 Å². The van der Waals surface area contributed by atoms with Crippen LogP contribution in [0, 0.1) is 5.92 Å². The molecule has 1 heterocycles. The molecule has 1 unspecified atom stereocenters. The lowest BCUT2D eigenvalue weighted by atomic mass is 10.1. The number of hydrogen-bond acceptors (Lipinski definition) is 2. The first-order chi connectivity index (χ1) is 7.49. The quantitative estimate of drug-likeness (QED) is 0.864. The van der Waals surface area contributed by atoms with E-state index in [4.69, 9.17) is 0 Å². The van der Waals surface area contributed by atoms with Gasteiger partial charge in [-0.25, -0.2) is 4.98 Å². The third kappa shape index (κ3) is 4.31. The molecule has 16 heavy (non-hydrogen) atoms. The van der Waals surface area contributed by atoms with E-state index in [0.29, 0.717) is 16.2 Å². The summed E-state index contributed by atoms with van der Waals surface area (Å²) in [6.45, 7) is 6.29. The number of rotatable bonds is 4. The standard InChI is InChI=1S/C12H17BrN2O/c1-8(2)7-9(3)14-12(16)10-5-4-6-11(13)15-10/h4-6,8-9H,7H2,1-3H3,(H,14,16). The van der Waals surface area contributed by atoms with Gasteiger partial charge in [-0.1, -0.05) is 19.9 Å². The zero-order chi connectivity index (χ0) is 12.1. The summed E-state index contributed by atoms with van der Waals surface area (Å²) < 4.78 is 0.677. The van der Waals surface area contributed by atoms with Crippen LogP contribution in [0.15, 0.2) is 22.8 Å². The molecule has 1 aromatic heterocycles. The predicted molar refractivity (Wildman–Crippen MR) is 68.3 cm³/mol. The number of hydrogen-bond donors (Lipinski definition) is 1. The first-order valence-electron chi connectivity index (χ1n) is 5.42. The van der Waals surface area contributed by atoms with E-state index in [1.54, 1.807) is 18.2 Å². The molecule has 0 fully saturated rings. The Bertz CT molecular complexity index is 366. The highest BCUT2D eigenvalue weighted by molar-refractivity contribution is 9.10. The highest BCUT2D eigenvalue weighted by Gasteiger charge is 2.11. The lowest BCUT2D eigenvalue weighted by Crippen LogP contribution is -2.34. The van der Waals surface area contributed by atoms with Gasteiger partial charge in [0.15, 0.2) is 0 Å². The van der Waals surface area contributed by atoms with Gasteiger partial charge in [0, 0.05) is 6.04 Å². The summed E-state index contributed by atoms with van der Waals surface area (Å²) >= 11 is 3.25. The van der Waals surface area contributed by atoms with Crippen LogP contribution in [-0.4, -0.2) is 16.9 Å². The van der Waals surface area contributed by atoms with Crippen molar-refractivity contribution in [2.24, 2.45) is 5.92 Å². The summed E-state index contributed by atoms with van der Waals surface area (Å²) in [7, 11) is 0. The second-order valence-electron chi connectivity index (χ2n) is 4.35. The molecule has 0 aromatic carbocycles. The largest absolute Gasteiger partial charge is 0.348 e. The number of carbonyl (C=O) groups excluding carboxylic acids is 1. The van der Waals surface area contributed by atoms with Gasteiger partial charge in [0.25, 0.3) is 5.91 Å². The Morgan fingerprint density at radius 1 is 1.44 bits per heavy atom. The fourth-order valence-electron chi connectivity index (χ4n) is 1.60. The highest BCUT2D eigenvalue weighted by Crippen LogP contribution is 2.08. The van der Waals surface area contributed by atoms with Gasteiger partial charge in [-0.2, -0.15) is 0 Å². The van der Waals surface area contributed by atoms with Gasteiger partial charge in [-0.3, -0.25) is 4.79 Å². The van der Waals surface area contributed by atoms with Gasteiger partial charge in [0.2, 0.25) is 0 Å². The topological polar surface area (TPSA) is 42.0 Å². The Balaban J connectivity index is 2.59. The average Bonchev–Trinajstić information content (AvgIpc) is 2.16. The van der Waals surface area contributed by atoms with Crippen molar-refractivity contribution in [3.8, 4) is 0 Å². The van der Waals surface area contributed by atoms with Crippen LogP contribution < -0.4 is 5.32 Å². The van der Waals surface area contributed by atoms with E-state index in [1.807, 2.05) is 6.92 Å². The van der Waals surface area contributed by atoms with Crippen LogP contribution in [0.5, 0.6) is 0 Å². The molecule has 88 valence electrons. The molecule has 0 aliphatic heterocycles. The van der Waals surface area contributed by atoms with Crippen LogP contribution in [0.1, 0.15) is 37.7 Å². The summed E-state index contributed by atoms with van der Waals surface area (Å²) in [5.74, 6) is 0.459. The maximum atomic E-state index is 11.8. The zero-order valence-corrected chi connectivity index (χ0v) is 11.4. The van der Waals surface area contributed by atoms with E-state index in [0.717, 1.165) is 6.42 Å². The normalized spacial score (nSPS) is 12.6. The molecule has 0 aliphatic rings. The molecule has 1 N–H and O–H groups in total. The van der Waals surface area contributed by atoms with Gasteiger partial charge in [0.1, 0.15) is 10.3 Å². The van der Waals surface area contributed by atoms with Gasteiger partial charge in [0.05, 0.1) is 0 Å². The molecule has 1 rings (SSSR count). The van der Waals surface area contributed by atoms with E-state index in [-0.39, 0.29) is 11.9 Å². The summed E-state index contributed by atoms with van der Waals surface area (Å²) in [5, 5.41) is 2.93. The summed E-state index contributed by atoms with van der Waals surface area (Å²) in [6.07, 6.45) is 0.972. The van der Waals surface area contributed by atoms with Crippen molar-refractivity contribution >= 4 is 21.8 Å². The Morgan fingerprint density at radius 2 is 2.12 bits per heavy atom. The third-order valence-electron chi connectivity index (χ3n) is 2.15. The number of nitrogens with zero attached hydrogens (tertiary/aromatic N) is 1. The third-order valence-corrected chi connectivity index (χ3v) is 2.59. The van der Waals surface area contributed by atoms with Crippen LogP contribution in [0.4, 0.5) is 0 Å². The highest BCUT2D eigenvalue weighted by atomic mass is 79.9. The van der Waals surface area contributed by atoms with Crippen molar-refractivity contribution < 1.29 is 4.79 Å². The molecule has 1 amide bonds. The summed E-state index contributed by atoms with van der Waals surface area (Å²) in [5.41, 5.74) is 0.449. The number of aromatic nitrogens is 1. The monoisotopic (exact) mass is 284 g/mol. The van der Waals surface area contributed by atoms with Crippen molar-refractivity contribution in [2.45, 2.75) is 33.2 Å². The fourth-order valence-corrected chi connectivity index (χ4v) is 1.94. The lowest BCUT2D eigenvalue weighted by Gasteiger charge is -2.15. The first-order valence-corrected chi connectivity index (χ1v) is 6.21. The molecular weight excluding hydrogens is 268 g/mol. The van der Waals surface area contributed by atoms with Gasteiger partial charge >= 0.3 is 0 Å². The van der Waals surface area contributed by atoms with Crippen LogP contribution >= 0.6 is 15.9 Å². The number of nitrogens with one attached hydrogen (secondary N) is 1. The molecular formula is C12H17BrN2O. The molecule has 3 nitrogen and oxygen atoms in total. The second kappa shape index (κ2) is 5.99. The van der Waals surface area contributed by atoms with Gasteiger partial charge in [-0.15, -0.1) is 0 Å². The maximum absolute atomic E-state index is 11.8. The van der Waals surface area contributed by atoms with Crippen molar-refractivity contribution in [3.05, 3.63) is 28.5 Å². The van der Waals surface area contributed by atoms with E-state index in [9.17, 15) is 4.79 Å². The molecule has 0 radical (unpaired) electrons. The van der Waals surface area contributed by atoms with Crippen LogP contribution in [0.2, 0.25) is 0 Å². The number of amides is 1. The Morgan fingerprint density at radius 3 is 2.69 bits per heavy atom. The minimum atomic E-state index is -0.116. The minimum absolute atomic E-state index is 0.116. The SMILES string of the molecule is CC(C)CC(C)NC(=O)c1cccc(Br)n1.